The third-order valence-electron chi connectivity index (χ3n) is 4.35. The molecule has 1 saturated carbocycles. The molecule has 1 fully saturated rings. The van der Waals surface area contributed by atoms with Crippen molar-refractivity contribution in [1.82, 2.24) is 5.32 Å². The van der Waals surface area contributed by atoms with E-state index in [9.17, 15) is 4.79 Å². The van der Waals surface area contributed by atoms with Crippen molar-refractivity contribution in [2.45, 2.75) is 44.7 Å². The molecule has 1 aliphatic rings. The van der Waals surface area contributed by atoms with Gasteiger partial charge in [-0.25, -0.2) is 0 Å². The first kappa shape index (κ1) is 16.6. The molecule has 5 heteroatoms. The number of carbonyl (C=O) groups excluding carboxylic acids is 1. The number of hydrogen-bond donors (Lipinski definition) is 2. The summed E-state index contributed by atoms with van der Waals surface area (Å²) in [5, 5.41) is 3.08. The molecular formula is C17H26N2O3. The third-order valence-corrected chi connectivity index (χ3v) is 4.35. The number of rotatable bonds is 5. The molecule has 3 N–H and O–H groups in total. The van der Waals surface area contributed by atoms with Crippen LogP contribution in [0.25, 0.3) is 0 Å². The molecule has 5 nitrogen and oxygen atoms in total. The van der Waals surface area contributed by atoms with E-state index in [1.807, 2.05) is 25.1 Å². The Morgan fingerprint density at radius 1 is 1.27 bits per heavy atom. The number of ether oxygens (including phenoxy) is 2. The molecule has 0 aromatic heterocycles. The zero-order valence-corrected chi connectivity index (χ0v) is 13.6. The minimum Gasteiger partial charge on any atom is -0.493 e. The van der Waals surface area contributed by atoms with Crippen molar-refractivity contribution in [2.24, 2.45) is 11.7 Å². The van der Waals surface area contributed by atoms with Crippen molar-refractivity contribution in [1.29, 1.82) is 0 Å². The lowest BCUT2D eigenvalue weighted by Crippen LogP contribution is -2.38. The molecule has 0 bridgehead atoms. The molecule has 1 aromatic carbocycles. The van der Waals surface area contributed by atoms with Gasteiger partial charge in [0.15, 0.2) is 11.5 Å². The summed E-state index contributed by atoms with van der Waals surface area (Å²) in [4.78, 5) is 12.4. The van der Waals surface area contributed by atoms with Crippen LogP contribution >= 0.6 is 0 Å². The normalized spacial score (nSPS) is 22.7. The predicted octanol–water partition coefficient (Wildman–Crippen LogP) is 2.40. The van der Waals surface area contributed by atoms with E-state index in [2.05, 4.69) is 5.32 Å². The zero-order valence-electron chi connectivity index (χ0n) is 13.6. The highest BCUT2D eigenvalue weighted by molar-refractivity contribution is 5.79. The van der Waals surface area contributed by atoms with Gasteiger partial charge in [0.25, 0.3) is 0 Å². The number of amides is 1. The average molecular weight is 306 g/mol. The minimum atomic E-state index is -0.0783. The fourth-order valence-corrected chi connectivity index (χ4v) is 3.00. The van der Waals surface area contributed by atoms with Crippen LogP contribution in [0.1, 0.15) is 44.2 Å². The molecule has 22 heavy (non-hydrogen) atoms. The Morgan fingerprint density at radius 3 is 2.64 bits per heavy atom. The number of methoxy groups -OCH3 is 2. The largest absolute Gasteiger partial charge is 0.493 e. The van der Waals surface area contributed by atoms with Crippen molar-refractivity contribution in [3.8, 4) is 11.5 Å². The van der Waals surface area contributed by atoms with E-state index in [4.69, 9.17) is 15.2 Å². The molecule has 0 spiro atoms. The van der Waals surface area contributed by atoms with Gasteiger partial charge in [-0.15, -0.1) is 0 Å². The van der Waals surface area contributed by atoms with Gasteiger partial charge >= 0.3 is 0 Å². The van der Waals surface area contributed by atoms with Crippen LogP contribution in [0.15, 0.2) is 18.2 Å². The van der Waals surface area contributed by atoms with Crippen molar-refractivity contribution in [2.75, 3.05) is 14.2 Å². The first-order valence-electron chi connectivity index (χ1n) is 7.83. The molecule has 0 saturated heterocycles. The van der Waals surface area contributed by atoms with Crippen LogP contribution in [-0.4, -0.2) is 26.2 Å². The monoisotopic (exact) mass is 306 g/mol. The average Bonchev–Trinajstić information content (AvgIpc) is 2.54. The van der Waals surface area contributed by atoms with Crippen molar-refractivity contribution in [3.05, 3.63) is 23.8 Å². The second-order valence-corrected chi connectivity index (χ2v) is 5.97. The summed E-state index contributed by atoms with van der Waals surface area (Å²) in [6.07, 6.45) is 3.77. The lowest BCUT2D eigenvalue weighted by Gasteiger charge is -2.27. The predicted molar refractivity (Wildman–Crippen MR) is 86.0 cm³/mol. The molecule has 122 valence electrons. The van der Waals surface area contributed by atoms with Crippen LogP contribution in [0, 0.1) is 5.92 Å². The molecule has 1 amide bonds. The van der Waals surface area contributed by atoms with Gasteiger partial charge in [-0.2, -0.15) is 0 Å². The first-order valence-corrected chi connectivity index (χ1v) is 7.83. The van der Waals surface area contributed by atoms with Crippen LogP contribution in [0.2, 0.25) is 0 Å². The summed E-state index contributed by atoms with van der Waals surface area (Å²) in [6, 6.07) is 5.77. The fraction of sp³-hybridized carbons (Fsp3) is 0.588. The number of nitrogens with two attached hydrogens (primary N) is 1. The number of nitrogens with one attached hydrogen (secondary N) is 1. The van der Waals surface area contributed by atoms with E-state index in [1.165, 1.54) is 0 Å². The lowest BCUT2D eigenvalue weighted by molar-refractivity contribution is -0.126. The van der Waals surface area contributed by atoms with E-state index < -0.39 is 0 Å². The van der Waals surface area contributed by atoms with Crippen LogP contribution < -0.4 is 20.5 Å². The van der Waals surface area contributed by atoms with Crippen molar-refractivity contribution < 1.29 is 14.3 Å². The molecule has 0 aliphatic heterocycles. The van der Waals surface area contributed by atoms with E-state index in [0.29, 0.717) is 11.5 Å². The van der Waals surface area contributed by atoms with Crippen LogP contribution in [0.3, 0.4) is 0 Å². The van der Waals surface area contributed by atoms with Gasteiger partial charge in [-0.3, -0.25) is 4.79 Å². The quantitative estimate of drug-likeness (QED) is 0.876. The fourth-order valence-electron chi connectivity index (χ4n) is 3.00. The van der Waals surface area contributed by atoms with Gasteiger partial charge < -0.3 is 20.5 Å². The summed E-state index contributed by atoms with van der Waals surface area (Å²) in [7, 11) is 3.21. The summed E-state index contributed by atoms with van der Waals surface area (Å²) in [5.41, 5.74) is 6.96. The van der Waals surface area contributed by atoms with Gasteiger partial charge in [0.1, 0.15) is 0 Å². The van der Waals surface area contributed by atoms with Gasteiger partial charge in [-0.05, 0) is 43.9 Å². The maximum absolute atomic E-state index is 12.4. The lowest BCUT2D eigenvalue weighted by atomic mass is 9.85. The summed E-state index contributed by atoms with van der Waals surface area (Å²) in [5.74, 6) is 1.48. The van der Waals surface area contributed by atoms with Gasteiger partial charge in [0, 0.05) is 12.0 Å². The Balaban J connectivity index is 2.02. The summed E-state index contributed by atoms with van der Waals surface area (Å²) >= 11 is 0. The number of benzene rings is 1. The topological polar surface area (TPSA) is 73.6 Å². The molecule has 3 atom stereocenters. The second kappa shape index (κ2) is 7.49. The Bertz CT molecular complexity index is 519. The molecule has 2 rings (SSSR count). The Kier molecular flexibility index (Phi) is 5.66. The maximum Gasteiger partial charge on any atom is 0.223 e. The van der Waals surface area contributed by atoms with E-state index in [1.54, 1.807) is 14.2 Å². The first-order chi connectivity index (χ1) is 10.5. The van der Waals surface area contributed by atoms with Crippen LogP contribution in [-0.2, 0) is 4.79 Å². The summed E-state index contributed by atoms with van der Waals surface area (Å²) in [6.45, 7) is 1.97. The van der Waals surface area contributed by atoms with E-state index in [0.717, 1.165) is 31.2 Å². The van der Waals surface area contributed by atoms with Crippen LogP contribution in [0.5, 0.6) is 11.5 Å². The standard InChI is InChI=1S/C17H26N2O3/c1-11(12-7-8-15(21-2)16(10-12)22-3)19-17(20)13-5-4-6-14(18)9-13/h7-8,10-11,13-14H,4-6,9,18H2,1-3H3,(H,19,20). The number of hydrogen-bond acceptors (Lipinski definition) is 4. The third kappa shape index (κ3) is 3.91. The summed E-state index contributed by atoms with van der Waals surface area (Å²) < 4.78 is 10.5. The molecule has 1 aromatic rings. The molecular weight excluding hydrogens is 280 g/mol. The highest BCUT2D eigenvalue weighted by Gasteiger charge is 2.26. The van der Waals surface area contributed by atoms with Gasteiger partial charge in [0.05, 0.1) is 20.3 Å². The minimum absolute atomic E-state index is 0.0337. The van der Waals surface area contributed by atoms with E-state index >= 15 is 0 Å². The Morgan fingerprint density at radius 2 is 2.00 bits per heavy atom. The molecule has 1 aliphatic carbocycles. The maximum atomic E-state index is 12.4. The highest BCUT2D eigenvalue weighted by Crippen LogP contribution is 2.30. The Labute approximate surface area is 132 Å². The van der Waals surface area contributed by atoms with Crippen LogP contribution in [0.4, 0.5) is 0 Å². The van der Waals surface area contributed by atoms with Gasteiger partial charge in [0.2, 0.25) is 5.91 Å². The van der Waals surface area contributed by atoms with Crippen molar-refractivity contribution in [3.63, 3.8) is 0 Å². The van der Waals surface area contributed by atoms with Gasteiger partial charge in [-0.1, -0.05) is 12.5 Å². The Hall–Kier alpha value is -1.75. The SMILES string of the molecule is COc1ccc(C(C)NC(=O)C2CCCC(N)C2)cc1OC. The zero-order chi connectivity index (χ0) is 16.1. The number of carbonyl (C=O) groups is 1. The molecule has 3 unspecified atom stereocenters. The molecule has 0 heterocycles. The van der Waals surface area contributed by atoms with E-state index in [-0.39, 0.29) is 23.9 Å². The highest BCUT2D eigenvalue weighted by atomic mass is 16.5. The van der Waals surface area contributed by atoms with Crippen molar-refractivity contribution >= 4 is 5.91 Å². The smallest absolute Gasteiger partial charge is 0.223 e. The second-order valence-electron chi connectivity index (χ2n) is 5.97. The molecule has 0 radical (unpaired) electrons.